The first kappa shape index (κ1) is 8.51. The lowest BCUT2D eigenvalue weighted by molar-refractivity contribution is 0.407. The van der Waals surface area contributed by atoms with Crippen molar-refractivity contribution in [3.8, 4) is 0 Å². The summed E-state index contributed by atoms with van der Waals surface area (Å²) in [5.41, 5.74) is 2.35. The van der Waals surface area contributed by atoms with Gasteiger partial charge in [-0.3, -0.25) is 0 Å². The highest BCUT2D eigenvalue weighted by Crippen LogP contribution is 2.14. The Morgan fingerprint density at radius 2 is 2.54 bits per heavy atom. The van der Waals surface area contributed by atoms with Crippen LogP contribution in [0.1, 0.15) is 24.3 Å². The second-order valence-corrected chi connectivity index (χ2v) is 3.45. The molecule has 70 valence electrons. The predicted molar refractivity (Wildman–Crippen MR) is 51.3 cm³/mol. The molecule has 1 aromatic rings. The van der Waals surface area contributed by atoms with Crippen LogP contribution in [0.15, 0.2) is 16.2 Å². The number of rotatable bonds is 1. The topological polar surface area (TPSA) is 38.1 Å². The minimum absolute atomic E-state index is 0.871. The van der Waals surface area contributed by atoms with E-state index in [-0.39, 0.29) is 0 Å². The van der Waals surface area contributed by atoms with Crippen molar-refractivity contribution >= 4 is 6.08 Å². The molecular weight excluding hydrogens is 164 g/mol. The van der Waals surface area contributed by atoms with Gasteiger partial charge < -0.3 is 9.84 Å². The third kappa shape index (κ3) is 2.18. The summed E-state index contributed by atoms with van der Waals surface area (Å²) in [6, 6.07) is 1.96. The number of hydrogen-bond donors (Lipinski definition) is 1. The molecule has 3 nitrogen and oxygen atoms in total. The maximum Gasteiger partial charge on any atom is 0.159 e. The molecule has 0 saturated carbocycles. The third-order valence-electron chi connectivity index (χ3n) is 2.20. The highest BCUT2D eigenvalue weighted by molar-refractivity contribution is 5.48. The van der Waals surface area contributed by atoms with Crippen LogP contribution in [0, 0.1) is 6.92 Å². The van der Waals surface area contributed by atoms with Crippen LogP contribution in [-0.2, 0) is 0 Å². The van der Waals surface area contributed by atoms with E-state index in [0.717, 1.165) is 24.5 Å². The van der Waals surface area contributed by atoms with E-state index in [1.54, 1.807) is 0 Å². The molecule has 1 saturated heterocycles. The van der Waals surface area contributed by atoms with Gasteiger partial charge in [-0.05, 0) is 32.4 Å². The van der Waals surface area contributed by atoms with Crippen LogP contribution in [0.25, 0.3) is 6.08 Å². The normalized spacial score (nSPS) is 20.8. The molecule has 1 N–H and O–H groups in total. The van der Waals surface area contributed by atoms with Crippen LogP contribution in [0.2, 0.25) is 0 Å². The second-order valence-electron chi connectivity index (χ2n) is 3.45. The van der Waals surface area contributed by atoms with Crippen molar-refractivity contribution < 1.29 is 4.52 Å². The van der Waals surface area contributed by atoms with E-state index in [0.29, 0.717) is 0 Å². The smallest absolute Gasteiger partial charge is 0.159 e. The van der Waals surface area contributed by atoms with E-state index < -0.39 is 0 Å². The van der Waals surface area contributed by atoms with Gasteiger partial charge >= 0.3 is 0 Å². The molecule has 0 aliphatic carbocycles. The summed E-state index contributed by atoms with van der Waals surface area (Å²) in [6.07, 6.45) is 4.48. The summed E-state index contributed by atoms with van der Waals surface area (Å²) in [6.45, 7) is 4.05. The average Bonchev–Trinajstić information content (AvgIpc) is 2.53. The Balaban J connectivity index is 2.09. The van der Waals surface area contributed by atoms with Crippen LogP contribution < -0.4 is 5.32 Å². The second kappa shape index (κ2) is 3.75. The molecule has 0 aromatic carbocycles. The summed E-state index contributed by atoms with van der Waals surface area (Å²) >= 11 is 0. The van der Waals surface area contributed by atoms with E-state index in [1.165, 1.54) is 18.4 Å². The van der Waals surface area contributed by atoms with Crippen molar-refractivity contribution in [1.29, 1.82) is 0 Å². The van der Waals surface area contributed by atoms with E-state index in [9.17, 15) is 0 Å². The van der Waals surface area contributed by atoms with Crippen molar-refractivity contribution in [3.63, 3.8) is 0 Å². The number of nitrogens with one attached hydrogen (secondary N) is 1. The Kier molecular flexibility index (Phi) is 2.45. The van der Waals surface area contributed by atoms with Crippen LogP contribution >= 0.6 is 0 Å². The van der Waals surface area contributed by atoms with E-state index in [4.69, 9.17) is 4.52 Å². The largest absolute Gasteiger partial charge is 0.357 e. The average molecular weight is 178 g/mol. The first-order chi connectivity index (χ1) is 6.34. The summed E-state index contributed by atoms with van der Waals surface area (Å²) in [4.78, 5) is 0. The quantitative estimate of drug-likeness (QED) is 0.712. The molecule has 0 bridgehead atoms. The fourth-order valence-electron chi connectivity index (χ4n) is 1.55. The standard InChI is InChI=1S/C10H14N2O/c1-8-5-10(13-12-8)6-9-3-2-4-11-7-9/h5-6,11H,2-4,7H2,1H3. The van der Waals surface area contributed by atoms with Gasteiger partial charge in [-0.2, -0.15) is 0 Å². The number of aromatic nitrogens is 1. The molecule has 0 radical (unpaired) electrons. The third-order valence-corrected chi connectivity index (χ3v) is 2.20. The molecule has 0 spiro atoms. The van der Waals surface area contributed by atoms with Gasteiger partial charge in [0.15, 0.2) is 5.76 Å². The lowest BCUT2D eigenvalue weighted by Gasteiger charge is -2.14. The first-order valence-corrected chi connectivity index (χ1v) is 4.68. The molecule has 1 aromatic heterocycles. The number of hydrogen-bond acceptors (Lipinski definition) is 3. The first-order valence-electron chi connectivity index (χ1n) is 4.68. The number of nitrogens with zero attached hydrogens (tertiary/aromatic N) is 1. The molecule has 3 heteroatoms. The molecular formula is C10H14N2O. The van der Waals surface area contributed by atoms with Crippen LogP contribution in [0.5, 0.6) is 0 Å². The van der Waals surface area contributed by atoms with Crippen molar-refractivity contribution in [2.75, 3.05) is 13.1 Å². The van der Waals surface area contributed by atoms with Crippen molar-refractivity contribution in [2.45, 2.75) is 19.8 Å². The van der Waals surface area contributed by atoms with Gasteiger partial charge in [0.2, 0.25) is 0 Å². The Bertz CT molecular complexity index is 306. The van der Waals surface area contributed by atoms with Gasteiger partial charge in [-0.15, -0.1) is 0 Å². The monoisotopic (exact) mass is 178 g/mol. The van der Waals surface area contributed by atoms with Crippen molar-refractivity contribution in [3.05, 3.63) is 23.1 Å². The summed E-state index contributed by atoms with van der Waals surface area (Å²) in [5, 5.41) is 7.17. The van der Waals surface area contributed by atoms with Crippen molar-refractivity contribution in [1.82, 2.24) is 10.5 Å². The van der Waals surface area contributed by atoms with Gasteiger partial charge in [0.05, 0.1) is 5.69 Å². The molecule has 2 rings (SSSR count). The zero-order valence-electron chi connectivity index (χ0n) is 7.84. The van der Waals surface area contributed by atoms with E-state index in [2.05, 4.69) is 16.5 Å². The fourth-order valence-corrected chi connectivity index (χ4v) is 1.55. The Morgan fingerprint density at radius 1 is 1.62 bits per heavy atom. The van der Waals surface area contributed by atoms with Crippen LogP contribution in [0.4, 0.5) is 0 Å². The number of piperidine rings is 1. The Labute approximate surface area is 77.8 Å². The summed E-state index contributed by atoms with van der Waals surface area (Å²) in [7, 11) is 0. The van der Waals surface area contributed by atoms with Crippen LogP contribution in [-0.4, -0.2) is 18.2 Å². The zero-order valence-corrected chi connectivity index (χ0v) is 7.84. The van der Waals surface area contributed by atoms with Gasteiger partial charge in [0.1, 0.15) is 0 Å². The summed E-state index contributed by atoms with van der Waals surface area (Å²) < 4.78 is 5.11. The van der Waals surface area contributed by atoms with Gasteiger partial charge in [-0.1, -0.05) is 10.7 Å². The lowest BCUT2D eigenvalue weighted by atomic mass is 10.1. The van der Waals surface area contributed by atoms with Gasteiger partial charge in [0.25, 0.3) is 0 Å². The molecule has 1 aliphatic rings. The molecule has 1 fully saturated rings. The van der Waals surface area contributed by atoms with Gasteiger partial charge in [0, 0.05) is 12.6 Å². The van der Waals surface area contributed by atoms with E-state index in [1.807, 2.05) is 13.0 Å². The minimum atomic E-state index is 0.871. The number of aryl methyl sites for hydroxylation is 1. The minimum Gasteiger partial charge on any atom is -0.357 e. The molecule has 0 amide bonds. The predicted octanol–water partition coefficient (Wildman–Crippen LogP) is 1.75. The maximum absolute atomic E-state index is 5.11. The Hall–Kier alpha value is -1.09. The molecule has 0 unspecified atom stereocenters. The van der Waals surface area contributed by atoms with Gasteiger partial charge in [-0.25, -0.2) is 0 Å². The van der Waals surface area contributed by atoms with Crippen LogP contribution in [0.3, 0.4) is 0 Å². The summed E-state index contributed by atoms with van der Waals surface area (Å²) in [5.74, 6) is 0.871. The Morgan fingerprint density at radius 3 is 3.15 bits per heavy atom. The fraction of sp³-hybridized carbons (Fsp3) is 0.500. The maximum atomic E-state index is 5.11. The van der Waals surface area contributed by atoms with E-state index >= 15 is 0 Å². The molecule has 1 aliphatic heterocycles. The highest BCUT2D eigenvalue weighted by atomic mass is 16.5. The molecule has 13 heavy (non-hydrogen) atoms. The molecule has 2 heterocycles. The van der Waals surface area contributed by atoms with Crippen molar-refractivity contribution in [2.24, 2.45) is 0 Å². The SMILES string of the molecule is Cc1cc(C=C2CCCNC2)on1. The lowest BCUT2D eigenvalue weighted by Crippen LogP contribution is -2.23. The zero-order chi connectivity index (χ0) is 9.10. The highest BCUT2D eigenvalue weighted by Gasteiger charge is 2.05. The molecule has 0 atom stereocenters.